The van der Waals surface area contributed by atoms with E-state index >= 15 is 0 Å². The predicted molar refractivity (Wildman–Crippen MR) is 72.4 cm³/mol. The molecule has 5 nitrogen and oxygen atoms in total. The van der Waals surface area contributed by atoms with Crippen molar-refractivity contribution in [3.05, 3.63) is 59.9 Å². The number of pyridine rings is 1. The lowest BCUT2D eigenvalue weighted by Crippen LogP contribution is -2.17. The van der Waals surface area contributed by atoms with Crippen LogP contribution in [0.1, 0.15) is 17.0 Å². The molecule has 1 N–H and O–H groups in total. The second-order valence-corrected chi connectivity index (χ2v) is 4.30. The van der Waals surface area contributed by atoms with Crippen LogP contribution in [0, 0.1) is 0 Å². The van der Waals surface area contributed by atoms with Gasteiger partial charge in [-0.3, -0.25) is 4.98 Å². The molecular weight excluding hydrogens is 258 g/mol. The minimum absolute atomic E-state index is 0.402. The van der Waals surface area contributed by atoms with Gasteiger partial charge in [0.25, 0.3) is 0 Å². The number of hydrogen-bond acceptors (Lipinski definition) is 5. The molecule has 0 aliphatic heterocycles. The molecule has 20 heavy (non-hydrogen) atoms. The standard InChI is InChI=1S/C15H15NO4/c1-19-13-6-4-12(5-7-13)14(15(17)20-18)9-11-3-2-8-16-10-11/h2-8,10,14,18H,9H2,1H3. The van der Waals surface area contributed by atoms with Crippen LogP contribution in [0.3, 0.4) is 0 Å². The fourth-order valence-electron chi connectivity index (χ4n) is 1.99. The minimum atomic E-state index is -0.695. The highest BCUT2D eigenvalue weighted by molar-refractivity contribution is 5.78. The van der Waals surface area contributed by atoms with Crippen LogP contribution in [0.15, 0.2) is 48.8 Å². The third-order valence-electron chi connectivity index (χ3n) is 3.06. The van der Waals surface area contributed by atoms with Crippen molar-refractivity contribution in [2.75, 3.05) is 7.11 Å². The van der Waals surface area contributed by atoms with Crippen LogP contribution in [0.4, 0.5) is 0 Å². The molecule has 2 rings (SSSR count). The molecule has 104 valence electrons. The Bertz CT molecular complexity index is 554. The van der Waals surface area contributed by atoms with Gasteiger partial charge in [-0.15, -0.1) is 0 Å². The lowest BCUT2D eigenvalue weighted by molar-refractivity contribution is -0.236. The number of ether oxygens (including phenoxy) is 1. The lowest BCUT2D eigenvalue weighted by atomic mass is 9.92. The second kappa shape index (κ2) is 6.68. The van der Waals surface area contributed by atoms with Crippen molar-refractivity contribution in [2.45, 2.75) is 12.3 Å². The number of carbonyl (C=O) groups excluding carboxylic acids is 1. The Balaban J connectivity index is 2.25. The van der Waals surface area contributed by atoms with Gasteiger partial charge in [-0.2, -0.15) is 5.26 Å². The minimum Gasteiger partial charge on any atom is -0.497 e. The van der Waals surface area contributed by atoms with Gasteiger partial charge in [0.1, 0.15) is 5.75 Å². The summed E-state index contributed by atoms with van der Waals surface area (Å²) in [6, 6.07) is 10.7. The van der Waals surface area contributed by atoms with Gasteiger partial charge in [0.15, 0.2) is 0 Å². The molecule has 2 aromatic rings. The average molecular weight is 273 g/mol. The van der Waals surface area contributed by atoms with Crippen LogP contribution in [-0.4, -0.2) is 23.3 Å². The second-order valence-electron chi connectivity index (χ2n) is 4.30. The highest BCUT2D eigenvalue weighted by atomic mass is 17.1. The number of rotatable bonds is 5. The van der Waals surface area contributed by atoms with E-state index in [-0.39, 0.29) is 0 Å². The predicted octanol–water partition coefficient (Wildman–Crippen LogP) is 2.43. The van der Waals surface area contributed by atoms with Gasteiger partial charge >= 0.3 is 5.97 Å². The Labute approximate surface area is 116 Å². The quantitative estimate of drug-likeness (QED) is 0.669. The maximum Gasteiger partial charge on any atom is 0.349 e. The number of nitrogens with zero attached hydrogens (tertiary/aromatic N) is 1. The first-order valence-corrected chi connectivity index (χ1v) is 6.12. The molecule has 1 atom stereocenters. The SMILES string of the molecule is COc1ccc(C(Cc2cccnc2)C(=O)OO)cc1. The third-order valence-corrected chi connectivity index (χ3v) is 3.06. The number of carbonyl (C=O) groups is 1. The van der Waals surface area contributed by atoms with Crippen molar-refractivity contribution in [3.8, 4) is 5.75 Å². The van der Waals surface area contributed by atoms with E-state index in [9.17, 15) is 4.79 Å². The van der Waals surface area contributed by atoms with Crippen molar-refractivity contribution in [1.82, 2.24) is 4.98 Å². The molecule has 0 aliphatic rings. The fraction of sp³-hybridized carbons (Fsp3) is 0.200. The van der Waals surface area contributed by atoms with Gasteiger partial charge < -0.3 is 9.62 Å². The summed E-state index contributed by atoms with van der Waals surface area (Å²) in [6.45, 7) is 0. The molecule has 5 heteroatoms. The molecule has 0 saturated heterocycles. The van der Waals surface area contributed by atoms with Gasteiger partial charge in [-0.1, -0.05) is 18.2 Å². The average Bonchev–Trinajstić information content (AvgIpc) is 2.53. The van der Waals surface area contributed by atoms with Crippen LogP contribution in [0.25, 0.3) is 0 Å². The van der Waals surface area contributed by atoms with Gasteiger partial charge in [0.05, 0.1) is 13.0 Å². The van der Waals surface area contributed by atoms with Crippen LogP contribution in [-0.2, 0) is 16.1 Å². The molecule has 0 saturated carbocycles. The van der Waals surface area contributed by atoms with Crippen LogP contribution in [0.2, 0.25) is 0 Å². The first kappa shape index (κ1) is 14.0. The zero-order valence-corrected chi connectivity index (χ0v) is 11.0. The fourth-order valence-corrected chi connectivity index (χ4v) is 1.99. The highest BCUT2D eigenvalue weighted by Crippen LogP contribution is 2.24. The van der Waals surface area contributed by atoms with Crippen molar-refractivity contribution < 1.29 is 19.7 Å². The Hall–Kier alpha value is -2.40. The Morgan fingerprint density at radius 1 is 1.30 bits per heavy atom. The van der Waals surface area contributed by atoms with E-state index in [4.69, 9.17) is 9.99 Å². The maximum atomic E-state index is 11.7. The normalized spacial score (nSPS) is 11.7. The molecule has 0 amide bonds. The van der Waals surface area contributed by atoms with Gasteiger partial charge in [0, 0.05) is 12.4 Å². The molecule has 0 radical (unpaired) electrons. The van der Waals surface area contributed by atoms with Crippen molar-refractivity contribution in [3.63, 3.8) is 0 Å². The summed E-state index contributed by atoms with van der Waals surface area (Å²) in [7, 11) is 1.57. The van der Waals surface area contributed by atoms with Gasteiger partial charge in [-0.25, -0.2) is 4.79 Å². The molecule has 0 aliphatic carbocycles. The van der Waals surface area contributed by atoms with Crippen LogP contribution in [0.5, 0.6) is 5.75 Å². The summed E-state index contributed by atoms with van der Waals surface area (Å²) in [6.07, 6.45) is 3.75. The van der Waals surface area contributed by atoms with E-state index < -0.39 is 11.9 Å². The van der Waals surface area contributed by atoms with Crippen molar-refractivity contribution >= 4 is 5.97 Å². The number of hydrogen-bond donors (Lipinski definition) is 1. The number of aromatic nitrogens is 1. The van der Waals surface area contributed by atoms with E-state index in [1.165, 1.54) is 0 Å². The Morgan fingerprint density at radius 2 is 2.05 bits per heavy atom. The first-order valence-electron chi connectivity index (χ1n) is 6.12. The summed E-state index contributed by atoms with van der Waals surface area (Å²) in [5.74, 6) is -0.583. The van der Waals surface area contributed by atoms with Crippen molar-refractivity contribution in [1.29, 1.82) is 0 Å². The monoisotopic (exact) mass is 273 g/mol. The molecule has 1 unspecified atom stereocenters. The topological polar surface area (TPSA) is 68.7 Å². The maximum absolute atomic E-state index is 11.7. The molecule has 1 aromatic carbocycles. The molecule has 1 heterocycles. The first-order chi connectivity index (χ1) is 9.74. The lowest BCUT2D eigenvalue weighted by Gasteiger charge is -2.14. The van der Waals surface area contributed by atoms with Crippen molar-refractivity contribution in [2.24, 2.45) is 0 Å². The smallest absolute Gasteiger partial charge is 0.349 e. The summed E-state index contributed by atoms with van der Waals surface area (Å²) in [5, 5.41) is 8.66. The zero-order valence-electron chi connectivity index (χ0n) is 11.0. The van der Waals surface area contributed by atoms with Gasteiger partial charge in [-0.05, 0) is 35.7 Å². The number of benzene rings is 1. The Kier molecular flexibility index (Phi) is 4.68. The third kappa shape index (κ3) is 3.33. The van der Waals surface area contributed by atoms with E-state index in [1.807, 2.05) is 6.07 Å². The number of methoxy groups -OCH3 is 1. The largest absolute Gasteiger partial charge is 0.497 e. The molecule has 0 spiro atoms. The summed E-state index contributed by atoms with van der Waals surface area (Å²) < 4.78 is 5.08. The highest BCUT2D eigenvalue weighted by Gasteiger charge is 2.23. The van der Waals surface area contributed by atoms with Crippen LogP contribution >= 0.6 is 0 Å². The summed E-state index contributed by atoms with van der Waals surface area (Å²) in [4.78, 5) is 19.7. The molecule has 0 fully saturated rings. The van der Waals surface area contributed by atoms with E-state index in [1.54, 1.807) is 49.8 Å². The summed E-state index contributed by atoms with van der Waals surface area (Å²) >= 11 is 0. The summed E-state index contributed by atoms with van der Waals surface area (Å²) in [5.41, 5.74) is 1.63. The van der Waals surface area contributed by atoms with E-state index in [2.05, 4.69) is 9.87 Å². The molecule has 0 bridgehead atoms. The molecular formula is C15H15NO4. The Morgan fingerprint density at radius 3 is 2.60 bits per heavy atom. The zero-order chi connectivity index (χ0) is 14.4. The van der Waals surface area contributed by atoms with E-state index in [0.29, 0.717) is 12.2 Å². The van der Waals surface area contributed by atoms with Gasteiger partial charge in [0.2, 0.25) is 0 Å². The molecule has 1 aromatic heterocycles. The van der Waals surface area contributed by atoms with E-state index in [0.717, 1.165) is 11.1 Å². The van der Waals surface area contributed by atoms with Crippen LogP contribution < -0.4 is 4.74 Å².